The van der Waals surface area contributed by atoms with Crippen LogP contribution in [0.2, 0.25) is 0 Å². The van der Waals surface area contributed by atoms with Crippen LogP contribution in [-0.4, -0.2) is 0 Å². The van der Waals surface area contributed by atoms with E-state index in [1.807, 2.05) is 91.0 Å². The van der Waals surface area contributed by atoms with Crippen LogP contribution in [0.1, 0.15) is 0 Å². The average Bonchev–Trinajstić information content (AvgIpc) is 3.03. The number of hydrogen-bond acceptors (Lipinski definition) is 4. The van der Waals surface area contributed by atoms with Gasteiger partial charge in [0.1, 0.15) is 0 Å². The number of benzene rings is 6. The van der Waals surface area contributed by atoms with Crippen LogP contribution in [0.3, 0.4) is 0 Å². The smallest absolute Gasteiger partial charge is 0.197 e. The lowest BCUT2D eigenvalue weighted by Gasteiger charge is -2.27. The van der Waals surface area contributed by atoms with Crippen molar-refractivity contribution in [1.82, 2.24) is 0 Å². The quantitative estimate of drug-likeness (QED) is 0.194. The summed E-state index contributed by atoms with van der Waals surface area (Å²) in [5.74, 6) is 0. The van der Waals surface area contributed by atoms with Crippen LogP contribution in [0.15, 0.2) is 163 Å². The van der Waals surface area contributed by atoms with E-state index < -0.39 is 0 Å². The number of fused-ring (bicyclic) bond motifs is 2. The number of anilines is 6. The topological polar surface area (TPSA) is 23.6 Å². The third-order valence-electron chi connectivity index (χ3n) is 7.22. The molecule has 0 aliphatic rings. The Morgan fingerprint density at radius 1 is 0.415 bits per heavy atom. The maximum absolute atomic E-state index is 14.3. The van der Waals surface area contributed by atoms with Crippen molar-refractivity contribution in [3.63, 3.8) is 0 Å². The summed E-state index contributed by atoms with van der Waals surface area (Å²) in [6.45, 7) is 0. The number of para-hydroxylation sites is 4. The fraction of sp³-hybridized carbons (Fsp3) is 0. The molecule has 0 amide bonds. The van der Waals surface area contributed by atoms with Crippen molar-refractivity contribution in [2.24, 2.45) is 0 Å². The van der Waals surface area contributed by atoms with Crippen LogP contribution in [0.4, 0.5) is 34.1 Å². The van der Waals surface area contributed by atoms with Gasteiger partial charge in [0.05, 0.1) is 11.1 Å². The molecule has 7 rings (SSSR count). The predicted octanol–water partition coefficient (Wildman–Crippen LogP) is 10.4. The monoisotopic (exact) mass is 546 g/mol. The Hall–Kier alpha value is -5.19. The van der Waals surface area contributed by atoms with Gasteiger partial charge in [0.15, 0.2) is 5.43 Å². The van der Waals surface area contributed by atoms with Crippen LogP contribution < -0.4 is 15.2 Å². The molecule has 1 heterocycles. The fourth-order valence-corrected chi connectivity index (χ4v) is 6.51. The minimum atomic E-state index is 0.0405. The minimum Gasteiger partial charge on any atom is -0.310 e. The second-order valence-electron chi connectivity index (χ2n) is 9.77. The molecular weight excluding hydrogens is 520 g/mol. The maximum Gasteiger partial charge on any atom is 0.197 e. The van der Waals surface area contributed by atoms with Crippen molar-refractivity contribution >= 4 is 65.6 Å². The van der Waals surface area contributed by atoms with Crippen LogP contribution in [-0.2, 0) is 0 Å². The molecule has 0 spiro atoms. The van der Waals surface area contributed by atoms with Gasteiger partial charge >= 0.3 is 0 Å². The molecule has 3 nitrogen and oxygen atoms in total. The lowest BCUT2D eigenvalue weighted by Crippen LogP contribution is -2.14. The van der Waals surface area contributed by atoms with E-state index in [0.717, 1.165) is 54.3 Å². The molecule has 196 valence electrons. The molecule has 0 bridgehead atoms. The van der Waals surface area contributed by atoms with Gasteiger partial charge in [-0.25, -0.2) is 0 Å². The summed E-state index contributed by atoms with van der Waals surface area (Å²) >= 11 is 1.66. The molecule has 7 aromatic rings. The summed E-state index contributed by atoms with van der Waals surface area (Å²) in [4.78, 5) is 18.7. The van der Waals surface area contributed by atoms with E-state index in [1.54, 1.807) is 11.3 Å². The molecule has 1 aromatic heterocycles. The standard InChI is InChI=1S/C37H26N2OS/c40-37-32-25-24-31(38(27-14-5-1-6-15-27)28-16-7-2-8-17-28)26-35(32)41-34-23-13-22-33(36(34)37)39(29-18-9-3-10-19-29)30-20-11-4-12-21-30/h1-26H. The molecule has 0 aliphatic heterocycles. The molecule has 0 radical (unpaired) electrons. The maximum atomic E-state index is 14.3. The summed E-state index contributed by atoms with van der Waals surface area (Å²) in [6, 6.07) is 53.4. The van der Waals surface area contributed by atoms with Crippen LogP contribution >= 0.6 is 11.3 Å². The Morgan fingerprint density at radius 3 is 1.41 bits per heavy atom. The van der Waals surface area contributed by atoms with Gasteiger partial charge < -0.3 is 9.80 Å². The Bertz CT molecular complexity index is 1930. The molecule has 0 fully saturated rings. The van der Waals surface area contributed by atoms with Crippen LogP contribution in [0.5, 0.6) is 0 Å². The van der Waals surface area contributed by atoms with Crippen molar-refractivity contribution in [1.29, 1.82) is 0 Å². The van der Waals surface area contributed by atoms with E-state index in [1.165, 1.54) is 0 Å². The molecule has 0 unspecified atom stereocenters. The second-order valence-corrected chi connectivity index (χ2v) is 10.9. The normalized spacial score (nSPS) is 11.0. The first-order valence-electron chi connectivity index (χ1n) is 13.6. The molecule has 0 atom stereocenters. The first-order chi connectivity index (χ1) is 20.3. The van der Waals surface area contributed by atoms with Crippen molar-refractivity contribution in [2.45, 2.75) is 0 Å². The summed E-state index contributed by atoms with van der Waals surface area (Å²) < 4.78 is 1.92. The summed E-state index contributed by atoms with van der Waals surface area (Å²) in [5.41, 5.74) is 6.07. The molecule has 0 N–H and O–H groups in total. The summed E-state index contributed by atoms with van der Waals surface area (Å²) in [6.07, 6.45) is 0. The first-order valence-corrected chi connectivity index (χ1v) is 14.4. The second kappa shape index (κ2) is 10.8. The summed E-state index contributed by atoms with van der Waals surface area (Å²) in [7, 11) is 0. The van der Waals surface area contributed by atoms with E-state index in [-0.39, 0.29) is 5.43 Å². The lowest BCUT2D eigenvalue weighted by atomic mass is 10.1. The molecule has 0 aliphatic carbocycles. The van der Waals surface area contributed by atoms with Gasteiger partial charge in [-0.1, -0.05) is 78.9 Å². The van der Waals surface area contributed by atoms with Gasteiger partial charge in [-0.3, -0.25) is 4.79 Å². The molecule has 41 heavy (non-hydrogen) atoms. The Balaban J connectivity index is 1.43. The third kappa shape index (κ3) is 4.65. The molecule has 0 saturated carbocycles. The molecule has 0 saturated heterocycles. The highest BCUT2D eigenvalue weighted by molar-refractivity contribution is 7.24. The van der Waals surface area contributed by atoms with Crippen LogP contribution in [0, 0.1) is 0 Å². The van der Waals surface area contributed by atoms with Gasteiger partial charge in [-0.2, -0.15) is 0 Å². The Kier molecular flexibility index (Phi) is 6.51. The van der Waals surface area contributed by atoms with E-state index in [0.29, 0.717) is 0 Å². The Morgan fingerprint density at radius 2 is 0.902 bits per heavy atom. The lowest BCUT2D eigenvalue weighted by molar-refractivity contribution is 1.29. The van der Waals surface area contributed by atoms with Gasteiger partial charge in [0.25, 0.3) is 0 Å². The van der Waals surface area contributed by atoms with Crippen molar-refractivity contribution < 1.29 is 0 Å². The van der Waals surface area contributed by atoms with Crippen molar-refractivity contribution in [3.05, 3.63) is 168 Å². The highest BCUT2D eigenvalue weighted by atomic mass is 32.1. The highest BCUT2D eigenvalue weighted by Crippen LogP contribution is 2.41. The highest BCUT2D eigenvalue weighted by Gasteiger charge is 2.19. The minimum absolute atomic E-state index is 0.0405. The molecular formula is C37H26N2OS. The zero-order valence-corrected chi connectivity index (χ0v) is 23.0. The number of nitrogens with zero attached hydrogens (tertiary/aromatic N) is 2. The zero-order chi connectivity index (χ0) is 27.6. The van der Waals surface area contributed by atoms with E-state index in [9.17, 15) is 4.79 Å². The zero-order valence-electron chi connectivity index (χ0n) is 22.2. The van der Waals surface area contributed by atoms with E-state index in [2.05, 4.69) is 76.5 Å². The molecule has 4 heteroatoms. The number of rotatable bonds is 6. The third-order valence-corrected chi connectivity index (χ3v) is 8.34. The first kappa shape index (κ1) is 24.8. The Labute approximate surface area is 242 Å². The SMILES string of the molecule is O=c1c2ccc(N(c3ccccc3)c3ccccc3)cc2sc2cccc(N(c3ccccc3)c3ccccc3)c12. The van der Waals surface area contributed by atoms with Gasteiger partial charge in [-0.05, 0) is 78.9 Å². The van der Waals surface area contributed by atoms with Crippen molar-refractivity contribution in [3.8, 4) is 0 Å². The van der Waals surface area contributed by atoms with E-state index >= 15 is 0 Å². The van der Waals surface area contributed by atoms with Crippen LogP contribution in [0.25, 0.3) is 20.2 Å². The average molecular weight is 547 g/mol. The number of hydrogen-bond donors (Lipinski definition) is 0. The largest absolute Gasteiger partial charge is 0.310 e. The van der Waals surface area contributed by atoms with Gasteiger partial charge in [0, 0.05) is 43.2 Å². The molecule has 6 aromatic carbocycles. The van der Waals surface area contributed by atoms with Gasteiger partial charge in [0.2, 0.25) is 0 Å². The van der Waals surface area contributed by atoms with E-state index in [4.69, 9.17) is 0 Å². The summed E-state index contributed by atoms with van der Waals surface area (Å²) in [5, 5.41) is 1.45. The fourth-order valence-electron chi connectivity index (χ4n) is 5.38. The predicted molar refractivity (Wildman–Crippen MR) is 175 cm³/mol. The van der Waals surface area contributed by atoms with Gasteiger partial charge in [-0.15, -0.1) is 11.3 Å². The van der Waals surface area contributed by atoms with Crippen molar-refractivity contribution in [2.75, 3.05) is 9.80 Å².